The zero-order valence-corrected chi connectivity index (χ0v) is 14.7. The fourth-order valence-corrected chi connectivity index (χ4v) is 3.33. The Morgan fingerprint density at radius 1 is 1.32 bits per heavy atom. The van der Waals surface area contributed by atoms with Gasteiger partial charge in [-0.05, 0) is 12.1 Å². The number of hydrogen-bond acceptors (Lipinski definition) is 5. The maximum atomic E-state index is 12.0. The third-order valence-electron chi connectivity index (χ3n) is 4.43. The third-order valence-corrected chi connectivity index (χ3v) is 4.43. The lowest BCUT2D eigenvalue weighted by atomic mass is 9.96. The van der Waals surface area contributed by atoms with E-state index < -0.39 is 5.97 Å². The normalized spacial score (nSPS) is 16.5. The number of aromatic carboxylic acids is 1. The van der Waals surface area contributed by atoms with Crippen LogP contribution in [-0.2, 0) is 13.6 Å². The number of fused-ring (bicyclic) bond motifs is 1. The number of aryl methyl sites for hydroxylation is 1. The van der Waals surface area contributed by atoms with Crippen molar-refractivity contribution in [1.82, 2.24) is 19.7 Å². The summed E-state index contributed by atoms with van der Waals surface area (Å²) in [5.41, 5.74) is 2.29. The van der Waals surface area contributed by atoms with Crippen LogP contribution < -0.4 is 4.90 Å². The Hall–Kier alpha value is -2.90. The van der Waals surface area contributed by atoms with Gasteiger partial charge in [-0.1, -0.05) is 6.92 Å². The maximum Gasteiger partial charge on any atom is 0.356 e. The van der Waals surface area contributed by atoms with E-state index in [4.69, 9.17) is 0 Å². The number of pyridine rings is 1. The van der Waals surface area contributed by atoms with E-state index in [1.165, 1.54) is 4.90 Å². The van der Waals surface area contributed by atoms with Gasteiger partial charge in [-0.3, -0.25) is 9.48 Å². The lowest BCUT2D eigenvalue weighted by Gasteiger charge is -2.32. The molecule has 0 spiro atoms. The topological polar surface area (TPSA) is 91.6 Å². The number of carbonyl (C=O) groups is 2. The number of rotatable bonds is 3. The van der Waals surface area contributed by atoms with Crippen molar-refractivity contribution in [3.8, 4) is 0 Å². The Labute approximate surface area is 145 Å². The summed E-state index contributed by atoms with van der Waals surface area (Å²) in [5, 5.41) is 13.5. The van der Waals surface area contributed by atoms with Crippen LogP contribution in [0.2, 0.25) is 0 Å². The van der Waals surface area contributed by atoms with Crippen molar-refractivity contribution in [1.29, 1.82) is 0 Å². The first-order chi connectivity index (χ1) is 11.8. The number of hydrogen-bond donors (Lipinski definition) is 1. The summed E-state index contributed by atoms with van der Waals surface area (Å²) in [4.78, 5) is 31.4. The van der Waals surface area contributed by atoms with Gasteiger partial charge in [-0.25, -0.2) is 9.78 Å². The van der Waals surface area contributed by atoms with Gasteiger partial charge >= 0.3 is 5.97 Å². The number of amides is 1. The molecule has 0 radical (unpaired) electrons. The second-order valence-electron chi connectivity index (χ2n) is 6.53. The summed E-state index contributed by atoms with van der Waals surface area (Å²) in [7, 11) is 5.16. The van der Waals surface area contributed by atoms with Crippen LogP contribution in [0.5, 0.6) is 0 Å². The SMILES string of the molecule is C[C@H]1CN(c2ccc(C(=O)N(C)C)cn2)Cc2c(C(=O)O)nn(C)c21. The number of nitrogens with zero attached hydrogens (tertiary/aromatic N) is 5. The predicted octanol–water partition coefficient (Wildman–Crippen LogP) is 1.34. The van der Waals surface area contributed by atoms with Crippen LogP contribution in [0.15, 0.2) is 18.3 Å². The van der Waals surface area contributed by atoms with Crippen molar-refractivity contribution < 1.29 is 14.7 Å². The molecule has 0 bridgehead atoms. The van der Waals surface area contributed by atoms with E-state index in [-0.39, 0.29) is 17.5 Å². The Morgan fingerprint density at radius 3 is 2.60 bits per heavy atom. The van der Waals surface area contributed by atoms with E-state index in [0.717, 1.165) is 11.3 Å². The molecule has 8 heteroatoms. The minimum Gasteiger partial charge on any atom is -0.476 e. The minimum absolute atomic E-state index is 0.0912. The molecule has 1 atom stereocenters. The molecule has 1 N–H and O–H groups in total. The fraction of sp³-hybridized carbons (Fsp3) is 0.412. The molecule has 1 aliphatic rings. The summed E-state index contributed by atoms with van der Waals surface area (Å²) in [5.74, 6) is -0.285. The highest BCUT2D eigenvalue weighted by Crippen LogP contribution is 2.32. The van der Waals surface area contributed by atoms with Crippen molar-refractivity contribution >= 4 is 17.7 Å². The van der Waals surface area contributed by atoms with Gasteiger partial charge in [0, 0.05) is 57.6 Å². The first-order valence-corrected chi connectivity index (χ1v) is 8.01. The molecular weight excluding hydrogens is 322 g/mol. The van der Waals surface area contributed by atoms with Crippen LogP contribution >= 0.6 is 0 Å². The molecular formula is C17H21N5O3. The number of carboxylic acids is 1. The monoisotopic (exact) mass is 343 g/mol. The summed E-state index contributed by atoms with van der Waals surface area (Å²) < 4.78 is 1.66. The minimum atomic E-state index is -1.02. The van der Waals surface area contributed by atoms with E-state index in [1.807, 2.05) is 11.8 Å². The molecule has 0 fully saturated rings. The van der Waals surface area contributed by atoms with Crippen LogP contribution in [-0.4, -0.2) is 57.3 Å². The van der Waals surface area contributed by atoms with Gasteiger partial charge in [0.05, 0.1) is 5.56 Å². The lowest BCUT2D eigenvalue weighted by Crippen LogP contribution is -2.34. The van der Waals surface area contributed by atoms with E-state index in [1.54, 1.807) is 44.2 Å². The average molecular weight is 343 g/mol. The second-order valence-corrected chi connectivity index (χ2v) is 6.53. The van der Waals surface area contributed by atoms with Gasteiger partial charge < -0.3 is 14.9 Å². The number of aromatic nitrogens is 3. The molecule has 0 aromatic carbocycles. The molecule has 25 heavy (non-hydrogen) atoms. The zero-order chi connectivity index (χ0) is 18.3. The molecule has 1 aliphatic heterocycles. The maximum absolute atomic E-state index is 12.0. The van der Waals surface area contributed by atoms with Crippen LogP contribution in [0.1, 0.15) is 44.9 Å². The van der Waals surface area contributed by atoms with Gasteiger partial charge in [-0.2, -0.15) is 5.10 Å². The highest BCUT2D eigenvalue weighted by atomic mass is 16.4. The van der Waals surface area contributed by atoms with E-state index in [0.29, 0.717) is 24.5 Å². The summed E-state index contributed by atoms with van der Waals surface area (Å²) in [6.45, 7) is 3.19. The van der Waals surface area contributed by atoms with Crippen LogP contribution in [0, 0.1) is 0 Å². The quantitative estimate of drug-likeness (QED) is 0.904. The number of anilines is 1. The molecule has 0 saturated heterocycles. The fourth-order valence-electron chi connectivity index (χ4n) is 3.33. The molecule has 3 heterocycles. The predicted molar refractivity (Wildman–Crippen MR) is 91.9 cm³/mol. The Balaban J connectivity index is 1.91. The van der Waals surface area contributed by atoms with Crippen LogP contribution in [0.4, 0.5) is 5.82 Å². The van der Waals surface area contributed by atoms with Crippen molar-refractivity contribution in [2.45, 2.75) is 19.4 Å². The molecule has 2 aromatic rings. The van der Waals surface area contributed by atoms with Crippen molar-refractivity contribution in [2.75, 3.05) is 25.5 Å². The molecule has 3 rings (SSSR count). The van der Waals surface area contributed by atoms with Crippen LogP contribution in [0.25, 0.3) is 0 Å². The Bertz CT molecular complexity index is 826. The van der Waals surface area contributed by atoms with Gasteiger partial charge in [-0.15, -0.1) is 0 Å². The Kier molecular flexibility index (Phi) is 4.20. The van der Waals surface area contributed by atoms with Gasteiger partial charge in [0.1, 0.15) is 5.82 Å². The number of carbonyl (C=O) groups excluding carboxylic acids is 1. The molecule has 132 valence electrons. The summed E-state index contributed by atoms with van der Waals surface area (Å²) in [6, 6.07) is 3.54. The molecule has 0 unspecified atom stereocenters. The van der Waals surface area contributed by atoms with E-state index in [2.05, 4.69) is 10.1 Å². The van der Waals surface area contributed by atoms with Gasteiger partial charge in [0.15, 0.2) is 5.69 Å². The van der Waals surface area contributed by atoms with Gasteiger partial charge in [0.25, 0.3) is 5.91 Å². The molecule has 0 aliphatic carbocycles. The van der Waals surface area contributed by atoms with Crippen molar-refractivity contribution in [3.05, 3.63) is 40.8 Å². The summed E-state index contributed by atoms with van der Waals surface area (Å²) in [6.07, 6.45) is 1.55. The first kappa shape index (κ1) is 16.9. The molecule has 0 saturated carbocycles. The molecule has 2 aromatic heterocycles. The highest BCUT2D eigenvalue weighted by molar-refractivity contribution is 5.93. The zero-order valence-electron chi connectivity index (χ0n) is 14.7. The second kappa shape index (κ2) is 6.19. The standard InChI is InChI=1S/C17H21N5O3/c1-10-8-22(9-12-14(17(24)25)19-21(4)15(10)12)13-6-5-11(7-18-13)16(23)20(2)3/h5-7,10H,8-9H2,1-4H3,(H,24,25)/t10-/m0/s1. The van der Waals surface area contributed by atoms with E-state index >= 15 is 0 Å². The average Bonchev–Trinajstić information content (AvgIpc) is 2.91. The highest BCUT2D eigenvalue weighted by Gasteiger charge is 2.31. The largest absolute Gasteiger partial charge is 0.476 e. The smallest absolute Gasteiger partial charge is 0.356 e. The third kappa shape index (κ3) is 2.95. The van der Waals surface area contributed by atoms with E-state index in [9.17, 15) is 14.7 Å². The molecule has 8 nitrogen and oxygen atoms in total. The Morgan fingerprint density at radius 2 is 2.04 bits per heavy atom. The first-order valence-electron chi connectivity index (χ1n) is 8.01. The van der Waals surface area contributed by atoms with Crippen molar-refractivity contribution in [2.24, 2.45) is 7.05 Å². The van der Waals surface area contributed by atoms with Gasteiger partial charge in [0.2, 0.25) is 0 Å². The van der Waals surface area contributed by atoms with Crippen LogP contribution in [0.3, 0.4) is 0 Å². The van der Waals surface area contributed by atoms with Crippen molar-refractivity contribution in [3.63, 3.8) is 0 Å². The summed E-state index contributed by atoms with van der Waals surface area (Å²) >= 11 is 0. The number of carboxylic acid groups (broad SMARTS) is 1. The molecule has 1 amide bonds. The lowest BCUT2D eigenvalue weighted by molar-refractivity contribution is 0.0688.